The number of benzene rings is 3. The van der Waals surface area contributed by atoms with Crippen LogP contribution in [-0.2, 0) is 0 Å². The largest absolute Gasteiger partial charge is 0.288 e. The SMILES string of the molecule is O=C(c1ccc(Cl)c([N+](=O)[O-])c1)N1N=C2/C(=C/c3ccc(Cl)cc3)CCC[C@@H]2[C@H]1c1ccc(Cl)cc1. The maximum atomic E-state index is 13.7. The van der Waals surface area contributed by atoms with Gasteiger partial charge in [-0.1, -0.05) is 59.1 Å². The summed E-state index contributed by atoms with van der Waals surface area (Å²) in [5.74, 6) is -0.452. The van der Waals surface area contributed by atoms with Crippen molar-refractivity contribution in [2.24, 2.45) is 11.0 Å². The van der Waals surface area contributed by atoms with Gasteiger partial charge in [0.1, 0.15) is 5.02 Å². The standard InChI is InChI=1S/C27H20Cl3N3O3/c28-20-9-4-16(5-10-20)14-18-2-1-3-22-25(18)31-32(26(22)17-6-11-21(29)12-7-17)27(34)19-8-13-23(30)24(15-19)33(35)36/h4-15,22,26H,1-3H2/b18-14+/t22-,26+/m0/s1. The fourth-order valence-electron chi connectivity index (χ4n) is 4.84. The molecular weight excluding hydrogens is 521 g/mol. The first-order valence-electron chi connectivity index (χ1n) is 11.4. The Morgan fingerprint density at radius 3 is 2.33 bits per heavy atom. The van der Waals surface area contributed by atoms with E-state index < -0.39 is 10.8 Å². The van der Waals surface area contributed by atoms with Crippen LogP contribution >= 0.6 is 34.8 Å². The molecule has 0 spiro atoms. The van der Waals surface area contributed by atoms with Crippen molar-refractivity contribution < 1.29 is 9.72 Å². The molecule has 5 rings (SSSR count). The van der Waals surface area contributed by atoms with E-state index in [9.17, 15) is 14.9 Å². The summed E-state index contributed by atoms with van der Waals surface area (Å²) in [6.07, 6.45) is 4.72. The van der Waals surface area contributed by atoms with Crippen molar-refractivity contribution in [3.63, 3.8) is 0 Å². The number of halogens is 3. The Kier molecular flexibility index (Phi) is 6.84. The van der Waals surface area contributed by atoms with Gasteiger partial charge in [-0.05, 0) is 78.4 Å². The highest BCUT2D eigenvalue weighted by molar-refractivity contribution is 6.32. The second-order valence-electron chi connectivity index (χ2n) is 8.77. The predicted octanol–water partition coefficient (Wildman–Crippen LogP) is 7.99. The third-order valence-electron chi connectivity index (χ3n) is 6.52. The van der Waals surface area contributed by atoms with E-state index in [2.05, 4.69) is 6.08 Å². The van der Waals surface area contributed by atoms with Crippen molar-refractivity contribution in [1.82, 2.24) is 5.01 Å². The van der Waals surface area contributed by atoms with Crippen LogP contribution in [0.15, 0.2) is 77.4 Å². The second-order valence-corrected chi connectivity index (χ2v) is 10.1. The Morgan fingerprint density at radius 2 is 1.67 bits per heavy atom. The zero-order valence-corrected chi connectivity index (χ0v) is 21.2. The molecule has 1 saturated carbocycles. The zero-order chi connectivity index (χ0) is 25.4. The first kappa shape index (κ1) is 24.5. The summed E-state index contributed by atoms with van der Waals surface area (Å²) in [7, 11) is 0. The van der Waals surface area contributed by atoms with Crippen LogP contribution in [0.5, 0.6) is 0 Å². The van der Waals surface area contributed by atoms with Crippen molar-refractivity contribution in [2.45, 2.75) is 25.3 Å². The Balaban J connectivity index is 1.59. The lowest BCUT2D eigenvalue weighted by atomic mass is 9.77. The number of hydrogen-bond acceptors (Lipinski definition) is 4. The molecule has 9 heteroatoms. The molecule has 3 aromatic carbocycles. The first-order valence-corrected chi connectivity index (χ1v) is 12.5. The molecule has 1 amide bonds. The fourth-order valence-corrected chi connectivity index (χ4v) is 5.28. The van der Waals surface area contributed by atoms with E-state index in [1.54, 1.807) is 12.1 Å². The number of fused-ring (bicyclic) bond motifs is 1. The smallest absolute Gasteiger partial charge is 0.267 e. The van der Waals surface area contributed by atoms with Gasteiger partial charge in [-0.3, -0.25) is 14.9 Å². The van der Waals surface area contributed by atoms with Crippen LogP contribution in [0.25, 0.3) is 6.08 Å². The predicted molar refractivity (Wildman–Crippen MR) is 143 cm³/mol. The number of hydrogen-bond donors (Lipinski definition) is 0. The highest BCUT2D eigenvalue weighted by Crippen LogP contribution is 2.45. The van der Waals surface area contributed by atoms with E-state index in [-0.39, 0.29) is 28.2 Å². The van der Waals surface area contributed by atoms with Gasteiger partial charge in [0, 0.05) is 27.6 Å². The number of allylic oxidation sites excluding steroid dienone is 1. The molecule has 182 valence electrons. The van der Waals surface area contributed by atoms with E-state index in [1.165, 1.54) is 23.2 Å². The van der Waals surface area contributed by atoms with E-state index in [1.807, 2.05) is 36.4 Å². The number of carbonyl (C=O) groups excluding carboxylic acids is 1. The number of amides is 1. The van der Waals surface area contributed by atoms with Gasteiger partial charge in [0.2, 0.25) is 0 Å². The molecule has 0 bridgehead atoms. The Morgan fingerprint density at radius 1 is 1.00 bits per heavy atom. The van der Waals surface area contributed by atoms with Crippen molar-refractivity contribution in [2.75, 3.05) is 0 Å². The Hall–Kier alpha value is -3.19. The molecule has 0 unspecified atom stereocenters. The number of nitro groups is 1. The number of nitro benzene ring substituents is 1. The van der Waals surface area contributed by atoms with Crippen molar-refractivity contribution in [1.29, 1.82) is 0 Å². The van der Waals surface area contributed by atoms with Gasteiger partial charge in [0.25, 0.3) is 11.6 Å². The minimum atomic E-state index is -0.599. The van der Waals surface area contributed by atoms with Crippen molar-refractivity contribution >= 4 is 58.2 Å². The quantitative estimate of drug-likeness (QED) is 0.248. The van der Waals surface area contributed by atoms with Crippen molar-refractivity contribution in [3.8, 4) is 0 Å². The van der Waals surface area contributed by atoms with E-state index in [4.69, 9.17) is 39.9 Å². The van der Waals surface area contributed by atoms with Gasteiger partial charge >= 0.3 is 0 Å². The van der Waals surface area contributed by atoms with Crippen LogP contribution in [0.4, 0.5) is 5.69 Å². The molecule has 3 aromatic rings. The average Bonchev–Trinajstić information content (AvgIpc) is 3.26. The lowest BCUT2D eigenvalue weighted by molar-refractivity contribution is -0.384. The van der Waals surface area contributed by atoms with E-state index >= 15 is 0 Å². The summed E-state index contributed by atoms with van der Waals surface area (Å²) in [5.41, 5.74) is 3.64. The second kappa shape index (κ2) is 10.1. The topological polar surface area (TPSA) is 75.8 Å². The van der Waals surface area contributed by atoms with Gasteiger partial charge in [-0.15, -0.1) is 0 Å². The molecule has 0 saturated heterocycles. The normalized spacial score (nSPS) is 20.2. The highest BCUT2D eigenvalue weighted by atomic mass is 35.5. The molecule has 2 aliphatic rings. The summed E-state index contributed by atoms with van der Waals surface area (Å²) in [6, 6.07) is 18.6. The van der Waals surface area contributed by atoms with Crippen LogP contribution in [-0.4, -0.2) is 21.6 Å². The van der Waals surface area contributed by atoms with Gasteiger partial charge in [0.15, 0.2) is 0 Å². The monoisotopic (exact) mass is 539 g/mol. The fraction of sp³-hybridized carbons (Fsp3) is 0.185. The van der Waals surface area contributed by atoms with Crippen molar-refractivity contribution in [3.05, 3.63) is 114 Å². The van der Waals surface area contributed by atoms with E-state index in [0.29, 0.717) is 10.0 Å². The Bertz CT molecular complexity index is 1400. The van der Waals surface area contributed by atoms with Crippen LogP contribution < -0.4 is 0 Å². The summed E-state index contributed by atoms with van der Waals surface area (Å²) in [6.45, 7) is 0. The summed E-state index contributed by atoms with van der Waals surface area (Å²) in [4.78, 5) is 24.5. The molecule has 2 atom stereocenters. The molecular formula is C27H20Cl3N3O3. The number of carbonyl (C=O) groups is 1. The molecule has 1 aliphatic carbocycles. The molecule has 36 heavy (non-hydrogen) atoms. The molecule has 1 fully saturated rings. The van der Waals surface area contributed by atoms with Crippen LogP contribution in [0.2, 0.25) is 15.1 Å². The van der Waals surface area contributed by atoms with Crippen LogP contribution in [0.1, 0.15) is 46.8 Å². The minimum absolute atomic E-state index is 0.0234. The molecule has 1 heterocycles. The van der Waals surface area contributed by atoms with Crippen LogP contribution in [0, 0.1) is 16.0 Å². The van der Waals surface area contributed by atoms with Gasteiger partial charge in [-0.2, -0.15) is 5.10 Å². The maximum Gasteiger partial charge on any atom is 0.288 e. The summed E-state index contributed by atoms with van der Waals surface area (Å²) < 4.78 is 0. The summed E-state index contributed by atoms with van der Waals surface area (Å²) >= 11 is 18.2. The van der Waals surface area contributed by atoms with Gasteiger partial charge in [-0.25, -0.2) is 5.01 Å². The molecule has 0 radical (unpaired) electrons. The lowest BCUT2D eigenvalue weighted by Gasteiger charge is -2.29. The Labute approximate surface area is 222 Å². The zero-order valence-electron chi connectivity index (χ0n) is 18.9. The van der Waals surface area contributed by atoms with E-state index in [0.717, 1.165) is 41.7 Å². The highest BCUT2D eigenvalue weighted by Gasteiger charge is 2.44. The lowest BCUT2D eigenvalue weighted by Crippen LogP contribution is -2.32. The third-order valence-corrected chi connectivity index (χ3v) is 7.35. The van der Waals surface area contributed by atoms with Gasteiger partial charge < -0.3 is 0 Å². The van der Waals surface area contributed by atoms with Crippen LogP contribution in [0.3, 0.4) is 0 Å². The number of rotatable bonds is 4. The number of nitrogens with zero attached hydrogens (tertiary/aromatic N) is 3. The summed E-state index contributed by atoms with van der Waals surface area (Å²) in [5, 5.41) is 18.9. The first-order chi connectivity index (χ1) is 17.3. The number of hydrazone groups is 1. The average molecular weight is 541 g/mol. The minimum Gasteiger partial charge on any atom is -0.267 e. The maximum absolute atomic E-state index is 13.7. The molecule has 0 N–H and O–H groups in total. The third kappa shape index (κ3) is 4.76. The molecule has 6 nitrogen and oxygen atoms in total. The molecule has 0 aromatic heterocycles. The van der Waals surface area contributed by atoms with Gasteiger partial charge in [0.05, 0.1) is 16.7 Å². The molecule has 1 aliphatic heterocycles.